The maximum absolute atomic E-state index is 12.6. The van der Waals surface area contributed by atoms with Gasteiger partial charge in [0, 0.05) is 35.1 Å². The SMILES string of the molecule is CC(=O)N1CCCc2cc(Br)c(C(=O)C(C)C(C)C)cc21. The molecule has 21 heavy (non-hydrogen) atoms. The highest BCUT2D eigenvalue weighted by Crippen LogP contribution is 2.34. The van der Waals surface area contributed by atoms with Gasteiger partial charge < -0.3 is 4.90 Å². The minimum atomic E-state index is -0.0336. The van der Waals surface area contributed by atoms with E-state index in [1.165, 1.54) is 0 Å². The van der Waals surface area contributed by atoms with Gasteiger partial charge in [0.25, 0.3) is 0 Å². The largest absolute Gasteiger partial charge is 0.312 e. The Hall–Kier alpha value is -1.16. The molecule has 1 aromatic rings. The van der Waals surface area contributed by atoms with Crippen molar-refractivity contribution in [3.05, 3.63) is 27.7 Å². The number of benzene rings is 1. The van der Waals surface area contributed by atoms with E-state index in [1.54, 1.807) is 11.8 Å². The second-order valence-corrected chi connectivity index (χ2v) is 6.99. The Morgan fingerprint density at radius 1 is 1.24 bits per heavy atom. The highest BCUT2D eigenvalue weighted by Gasteiger charge is 2.26. The molecule has 1 amide bonds. The quantitative estimate of drug-likeness (QED) is 0.764. The lowest BCUT2D eigenvalue weighted by Crippen LogP contribution is -2.34. The van der Waals surface area contributed by atoms with Crippen molar-refractivity contribution in [3.63, 3.8) is 0 Å². The second-order valence-electron chi connectivity index (χ2n) is 6.13. The van der Waals surface area contributed by atoms with Crippen LogP contribution in [0.4, 0.5) is 5.69 Å². The monoisotopic (exact) mass is 351 g/mol. The lowest BCUT2D eigenvalue weighted by molar-refractivity contribution is -0.116. The Labute approximate surface area is 134 Å². The minimum absolute atomic E-state index is 0.0336. The van der Waals surface area contributed by atoms with E-state index in [0.29, 0.717) is 11.5 Å². The summed E-state index contributed by atoms with van der Waals surface area (Å²) in [7, 11) is 0. The average Bonchev–Trinajstić information content (AvgIpc) is 2.43. The van der Waals surface area contributed by atoms with E-state index in [2.05, 4.69) is 29.8 Å². The van der Waals surface area contributed by atoms with Crippen molar-refractivity contribution in [2.75, 3.05) is 11.4 Å². The van der Waals surface area contributed by atoms with Gasteiger partial charge >= 0.3 is 0 Å². The van der Waals surface area contributed by atoms with Gasteiger partial charge in [-0.05, 0) is 36.5 Å². The van der Waals surface area contributed by atoms with E-state index in [9.17, 15) is 9.59 Å². The zero-order valence-electron chi connectivity index (χ0n) is 13.1. The minimum Gasteiger partial charge on any atom is -0.312 e. The molecule has 0 aromatic heterocycles. The number of nitrogens with zero attached hydrogens (tertiary/aromatic N) is 1. The number of hydrogen-bond acceptors (Lipinski definition) is 2. The first-order valence-electron chi connectivity index (χ1n) is 7.47. The van der Waals surface area contributed by atoms with Crippen LogP contribution in [0, 0.1) is 11.8 Å². The van der Waals surface area contributed by atoms with E-state index >= 15 is 0 Å². The maximum atomic E-state index is 12.6. The molecule has 4 heteroatoms. The molecule has 0 saturated heterocycles. The molecular weight excluding hydrogens is 330 g/mol. The summed E-state index contributed by atoms with van der Waals surface area (Å²) in [5.41, 5.74) is 2.72. The number of ketones is 1. The van der Waals surface area contributed by atoms with E-state index in [0.717, 1.165) is 35.1 Å². The molecule has 114 valence electrons. The van der Waals surface area contributed by atoms with Crippen molar-refractivity contribution in [1.29, 1.82) is 0 Å². The number of anilines is 1. The Balaban J connectivity index is 2.47. The van der Waals surface area contributed by atoms with Crippen LogP contribution in [0.15, 0.2) is 16.6 Å². The van der Waals surface area contributed by atoms with E-state index in [1.807, 2.05) is 19.1 Å². The maximum Gasteiger partial charge on any atom is 0.223 e. The predicted octanol–water partition coefficient (Wildman–Crippen LogP) is 4.22. The molecule has 1 atom stereocenters. The number of halogens is 1. The molecule has 0 aliphatic carbocycles. The fourth-order valence-corrected chi connectivity index (χ4v) is 3.25. The highest BCUT2D eigenvalue weighted by atomic mass is 79.9. The van der Waals surface area contributed by atoms with E-state index in [4.69, 9.17) is 0 Å². The number of aryl methyl sites for hydroxylation is 1. The van der Waals surface area contributed by atoms with Crippen molar-refractivity contribution in [2.24, 2.45) is 11.8 Å². The Bertz CT molecular complexity index is 580. The molecule has 0 spiro atoms. The second kappa shape index (κ2) is 6.30. The van der Waals surface area contributed by atoms with Gasteiger partial charge in [-0.2, -0.15) is 0 Å². The Morgan fingerprint density at radius 3 is 2.48 bits per heavy atom. The summed E-state index contributed by atoms with van der Waals surface area (Å²) in [5, 5.41) is 0. The van der Waals surface area contributed by atoms with Gasteiger partial charge in [0.1, 0.15) is 0 Å². The van der Waals surface area contributed by atoms with Gasteiger partial charge in [-0.25, -0.2) is 0 Å². The standard InChI is InChI=1S/C17H22BrNO2/c1-10(2)11(3)17(21)14-9-16-13(8-15(14)18)6-5-7-19(16)12(4)20/h8-11H,5-7H2,1-4H3. The third kappa shape index (κ3) is 3.20. The number of carbonyl (C=O) groups is 2. The molecular formula is C17H22BrNO2. The van der Waals surface area contributed by atoms with Crippen molar-refractivity contribution in [3.8, 4) is 0 Å². The molecule has 1 unspecified atom stereocenters. The summed E-state index contributed by atoms with van der Waals surface area (Å²) >= 11 is 3.53. The van der Waals surface area contributed by atoms with Crippen LogP contribution in [-0.4, -0.2) is 18.2 Å². The number of fused-ring (bicyclic) bond motifs is 1. The third-order valence-corrected chi connectivity index (χ3v) is 5.00. The van der Waals surface area contributed by atoms with Gasteiger partial charge in [0.15, 0.2) is 5.78 Å². The molecule has 0 bridgehead atoms. The molecule has 1 heterocycles. The molecule has 1 aliphatic rings. The van der Waals surface area contributed by atoms with Gasteiger partial charge in [-0.15, -0.1) is 0 Å². The van der Waals surface area contributed by atoms with Crippen molar-refractivity contribution >= 4 is 33.3 Å². The lowest BCUT2D eigenvalue weighted by Gasteiger charge is -2.29. The van der Waals surface area contributed by atoms with Crippen LogP contribution in [0.3, 0.4) is 0 Å². The normalized spacial score (nSPS) is 15.8. The first-order valence-corrected chi connectivity index (χ1v) is 8.27. The molecule has 0 radical (unpaired) electrons. The fraction of sp³-hybridized carbons (Fsp3) is 0.529. The number of Topliss-reactive ketones (excluding diaryl/α,β-unsaturated/α-hetero) is 1. The number of hydrogen-bond donors (Lipinski definition) is 0. The number of amides is 1. The topological polar surface area (TPSA) is 37.4 Å². The molecule has 0 saturated carbocycles. The summed E-state index contributed by atoms with van der Waals surface area (Å²) in [6, 6.07) is 3.89. The summed E-state index contributed by atoms with van der Waals surface area (Å²) in [4.78, 5) is 26.2. The van der Waals surface area contributed by atoms with Gasteiger partial charge in [-0.1, -0.05) is 36.7 Å². The summed E-state index contributed by atoms with van der Waals surface area (Å²) in [5.74, 6) is 0.431. The molecule has 0 N–H and O–H groups in total. The Kier molecular flexibility index (Phi) is 4.87. The summed E-state index contributed by atoms with van der Waals surface area (Å²) in [6.07, 6.45) is 1.92. The van der Waals surface area contributed by atoms with Crippen LogP contribution in [0.2, 0.25) is 0 Å². The van der Waals surface area contributed by atoms with Crippen LogP contribution in [-0.2, 0) is 11.2 Å². The lowest BCUT2D eigenvalue weighted by atomic mass is 9.88. The van der Waals surface area contributed by atoms with Crippen molar-refractivity contribution < 1.29 is 9.59 Å². The fourth-order valence-electron chi connectivity index (χ4n) is 2.67. The molecule has 3 nitrogen and oxygen atoms in total. The molecule has 1 aliphatic heterocycles. The average molecular weight is 352 g/mol. The highest BCUT2D eigenvalue weighted by molar-refractivity contribution is 9.10. The third-order valence-electron chi connectivity index (χ3n) is 4.35. The zero-order chi connectivity index (χ0) is 15.7. The zero-order valence-corrected chi connectivity index (χ0v) is 14.7. The first-order chi connectivity index (χ1) is 9.82. The predicted molar refractivity (Wildman–Crippen MR) is 88.8 cm³/mol. The molecule has 0 fully saturated rings. The summed E-state index contributed by atoms with van der Waals surface area (Å²) in [6.45, 7) is 8.38. The van der Waals surface area contributed by atoms with Crippen LogP contribution < -0.4 is 4.90 Å². The van der Waals surface area contributed by atoms with Crippen LogP contribution in [0.25, 0.3) is 0 Å². The van der Waals surface area contributed by atoms with Crippen LogP contribution in [0.1, 0.15) is 50.0 Å². The smallest absolute Gasteiger partial charge is 0.223 e. The Morgan fingerprint density at radius 2 is 1.90 bits per heavy atom. The molecule has 1 aromatic carbocycles. The summed E-state index contributed by atoms with van der Waals surface area (Å²) < 4.78 is 0.837. The van der Waals surface area contributed by atoms with Gasteiger partial charge in [0.2, 0.25) is 5.91 Å². The van der Waals surface area contributed by atoms with Gasteiger partial charge in [-0.3, -0.25) is 9.59 Å². The molecule has 2 rings (SSSR count). The van der Waals surface area contributed by atoms with Crippen molar-refractivity contribution in [1.82, 2.24) is 0 Å². The van der Waals surface area contributed by atoms with E-state index < -0.39 is 0 Å². The van der Waals surface area contributed by atoms with Crippen LogP contribution in [0.5, 0.6) is 0 Å². The number of rotatable bonds is 3. The van der Waals surface area contributed by atoms with Crippen LogP contribution >= 0.6 is 15.9 Å². The van der Waals surface area contributed by atoms with Crippen molar-refractivity contribution in [2.45, 2.75) is 40.5 Å². The first kappa shape index (κ1) is 16.2. The van der Waals surface area contributed by atoms with Gasteiger partial charge in [0.05, 0.1) is 0 Å². The van der Waals surface area contributed by atoms with E-state index in [-0.39, 0.29) is 17.6 Å². The number of carbonyl (C=O) groups excluding carboxylic acids is 2.